The number of rotatable bonds is 5. The van der Waals surface area contributed by atoms with Crippen molar-refractivity contribution in [2.45, 2.75) is 13.3 Å². The van der Waals surface area contributed by atoms with Gasteiger partial charge in [-0.3, -0.25) is 0 Å². The van der Waals surface area contributed by atoms with Crippen molar-refractivity contribution in [3.05, 3.63) is 88.9 Å². The summed E-state index contributed by atoms with van der Waals surface area (Å²) < 4.78 is 0. The number of hydrogen-bond donors (Lipinski definition) is 1. The van der Waals surface area contributed by atoms with Crippen LogP contribution in [0.25, 0.3) is 22.3 Å². The molecular weight excluding hydrogens is 354 g/mol. The molecule has 1 aromatic heterocycles. The minimum atomic E-state index is 0.672. The number of benzene rings is 3. The van der Waals surface area contributed by atoms with Crippen molar-refractivity contribution in [3.63, 3.8) is 0 Å². The van der Waals surface area contributed by atoms with Crippen LogP contribution in [0.4, 0.5) is 5.82 Å². The van der Waals surface area contributed by atoms with Crippen molar-refractivity contribution in [2.24, 2.45) is 0 Å². The number of hydrogen-bond acceptors (Lipinski definition) is 3. The third-order valence-corrected chi connectivity index (χ3v) is 4.75. The largest absolute Gasteiger partial charge is 0.369 e. The van der Waals surface area contributed by atoms with Crippen LogP contribution in [0.15, 0.2) is 72.8 Å². The van der Waals surface area contributed by atoms with Gasteiger partial charge in [0, 0.05) is 22.5 Å². The predicted octanol–water partition coefficient (Wildman–Crippen LogP) is 5.91. The fourth-order valence-corrected chi connectivity index (χ4v) is 3.21. The van der Waals surface area contributed by atoms with Gasteiger partial charge in [0.1, 0.15) is 5.82 Å². The Morgan fingerprint density at radius 2 is 1.67 bits per heavy atom. The lowest BCUT2D eigenvalue weighted by atomic mass is 10.1. The first-order valence-electron chi connectivity index (χ1n) is 9.01. The van der Waals surface area contributed by atoms with Gasteiger partial charge in [-0.15, -0.1) is 0 Å². The average molecular weight is 374 g/mol. The molecule has 3 nitrogen and oxygen atoms in total. The van der Waals surface area contributed by atoms with Crippen LogP contribution in [0.2, 0.25) is 5.02 Å². The van der Waals surface area contributed by atoms with Crippen LogP contribution in [-0.4, -0.2) is 16.5 Å². The van der Waals surface area contributed by atoms with Gasteiger partial charge < -0.3 is 5.32 Å². The number of nitrogens with one attached hydrogen (secondary N) is 1. The van der Waals surface area contributed by atoms with Gasteiger partial charge in [0.2, 0.25) is 0 Å². The maximum atomic E-state index is 6.19. The van der Waals surface area contributed by atoms with Crippen LogP contribution in [-0.2, 0) is 6.42 Å². The molecule has 0 unspecified atom stereocenters. The van der Waals surface area contributed by atoms with Gasteiger partial charge in [-0.05, 0) is 37.1 Å². The van der Waals surface area contributed by atoms with Crippen LogP contribution in [0.3, 0.4) is 0 Å². The standard InChI is InChI=1S/C23H20ClN3/c1-16-7-9-18(10-8-16)22-26-21-15-19(24)11-12-20(21)23(27-22)25-14-13-17-5-3-2-4-6-17/h2-12,15H,13-14H2,1H3,(H,25,26,27). The Morgan fingerprint density at radius 3 is 2.44 bits per heavy atom. The summed E-state index contributed by atoms with van der Waals surface area (Å²) in [5.74, 6) is 1.54. The second kappa shape index (κ2) is 7.77. The first-order chi connectivity index (χ1) is 13.2. The highest BCUT2D eigenvalue weighted by Gasteiger charge is 2.10. The highest BCUT2D eigenvalue weighted by molar-refractivity contribution is 6.31. The molecule has 4 heteroatoms. The molecule has 0 spiro atoms. The van der Waals surface area contributed by atoms with Gasteiger partial charge in [-0.25, -0.2) is 9.97 Å². The van der Waals surface area contributed by atoms with E-state index in [9.17, 15) is 0 Å². The summed E-state index contributed by atoms with van der Waals surface area (Å²) in [5, 5.41) is 5.13. The van der Waals surface area contributed by atoms with Crippen molar-refractivity contribution < 1.29 is 0 Å². The Morgan fingerprint density at radius 1 is 0.889 bits per heavy atom. The molecule has 0 radical (unpaired) electrons. The topological polar surface area (TPSA) is 37.8 Å². The Balaban J connectivity index is 1.68. The fourth-order valence-electron chi connectivity index (χ4n) is 3.04. The van der Waals surface area contributed by atoms with Crippen LogP contribution < -0.4 is 5.32 Å². The SMILES string of the molecule is Cc1ccc(-c2nc(NCCc3ccccc3)c3ccc(Cl)cc3n2)cc1. The van der Waals surface area contributed by atoms with E-state index in [1.165, 1.54) is 11.1 Å². The maximum Gasteiger partial charge on any atom is 0.162 e. The molecule has 1 N–H and O–H groups in total. The fraction of sp³-hybridized carbons (Fsp3) is 0.130. The number of nitrogens with zero attached hydrogens (tertiary/aromatic N) is 2. The first kappa shape index (κ1) is 17.5. The van der Waals surface area contributed by atoms with Crippen LogP contribution in [0.5, 0.6) is 0 Å². The molecule has 4 aromatic rings. The monoisotopic (exact) mass is 373 g/mol. The van der Waals surface area contributed by atoms with E-state index < -0.39 is 0 Å². The number of aryl methyl sites for hydroxylation is 1. The molecule has 3 aromatic carbocycles. The number of aromatic nitrogens is 2. The molecule has 0 saturated heterocycles. The summed E-state index contributed by atoms with van der Waals surface area (Å²) in [4.78, 5) is 9.52. The van der Waals surface area contributed by atoms with E-state index >= 15 is 0 Å². The molecular formula is C23H20ClN3. The molecule has 0 bridgehead atoms. The Bertz CT molecular complexity index is 1060. The van der Waals surface area contributed by atoms with Gasteiger partial charge >= 0.3 is 0 Å². The lowest BCUT2D eigenvalue weighted by molar-refractivity contribution is 1.01. The summed E-state index contributed by atoms with van der Waals surface area (Å²) in [5.41, 5.74) is 4.35. The molecule has 0 aliphatic carbocycles. The summed E-state index contributed by atoms with van der Waals surface area (Å²) >= 11 is 6.19. The van der Waals surface area contributed by atoms with E-state index in [1.807, 2.05) is 24.3 Å². The quantitative estimate of drug-likeness (QED) is 0.472. The van der Waals surface area contributed by atoms with Crippen molar-refractivity contribution in [1.82, 2.24) is 9.97 Å². The van der Waals surface area contributed by atoms with Crippen molar-refractivity contribution >= 4 is 28.3 Å². The molecule has 0 atom stereocenters. The lowest BCUT2D eigenvalue weighted by Gasteiger charge is -2.11. The predicted molar refractivity (Wildman–Crippen MR) is 113 cm³/mol. The van der Waals surface area contributed by atoms with E-state index in [4.69, 9.17) is 21.6 Å². The van der Waals surface area contributed by atoms with Crippen molar-refractivity contribution in [1.29, 1.82) is 0 Å². The minimum absolute atomic E-state index is 0.672. The summed E-state index contributed by atoms with van der Waals surface area (Å²) in [7, 11) is 0. The molecule has 27 heavy (non-hydrogen) atoms. The van der Waals surface area contributed by atoms with Gasteiger partial charge in [0.05, 0.1) is 5.52 Å². The number of fused-ring (bicyclic) bond motifs is 1. The van der Waals surface area contributed by atoms with E-state index in [0.29, 0.717) is 10.8 Å². The Labute approximate surface area is 164 Å². The highest BCUT2D eigenvalue weighted by atomic mass is 35.5. The summed E-state index contributed by atoms with van der Waals surface area (Å²) in [6.45, 7) is 2.87. The highest BCUT2D eigenvalue weighted by Crippen LogP contribution is 2.27. The van der Waals surface area contributed by atoms with E-state index in [0.717, 1.165) is 35.2 Å². The number of anilines is 1. The van der Waals surface area contributed by atoms with Crippen LogP contribution in [0.1, 0.15) is 11.1 Å². The molecule has 0 amide bonds. The molecule has 134 valence electrons. The van der Waals surface area contributed by atoms with Gasteiger partial charge in [0.25, 0.3) is 0 Å². The second-order valence-electron chi connectivity index (χ2n) is 6.59. The Kier molecular flexibility index (Phi) is 5.03. The van der Waals surface area contributed by atoms with Gasteiger partial charge in [-0.2, -0.15) is 0 Å². The zero-order valence-electron chi connectivity index (χ0n) is 15.1. The third-order valence-electron chi connectivity index (χ3n) is 4.52. The van der Waals surface area contributed by atoms with E-state index in [-0.39, 0.29) is 0 Å². The summed E-state index contributed by atoms with van der Waals surface area (Å²) in [6, 6.07) is 24.4. The third kappa shape index (κ3) is 4.09. The zero-order valence-corrected chi connectivity index (χ0v) is 15.9. The Hall–Kier alpha value is -2.91. The van der Waals surface area contributed by atoms with Crippen LogP contribution >= 0.6 is 11.6 Å². The lowest BCUT2D eigenvalue weighted by Crippen LogP contribution is -2.08. The van der Waals surface area contributed by atoms with Crippen molar-refractivity contribution in [3.8, 4) is 11.4 Å². The van der Waals surface area contributed by atoms with Gasteiger partial charge in [0.15, 0.2) is 5.82 Å². The van der Waals surface area contributed by atoms with Crippen LogP contribution in [0, 0.1) is 6.92 Å². The zero-order chi connectivity index (χ0) is 18.6. The van der Waals surface area contributed by atoms with E-state index in [2.05, 4.69) is 60.8 Å². The molecule has 0 aliphatic rings. The smallest absolute Gasteiger partial charge is 0.162 e. The average Bonchev–Trinajstić information content (AvgIpc) is 2.69. The molecule has 0 aliphatic heterocycles. The minimum Gasteiger partial charge on any atom is -0.369 e. The number of halogens is 1. The molecule has 4 rings (SSSR count). The second-order valence-corrected chi connectivity index (χ2v) is 7.02. The maximum absolute atomic E-state index is 6.19. The normalized spacial score (nSPS) is 10.9. The van der Waals surface area contributed by atoms with E-state index in [1.54, 1.807) is 0 Å². The molecule has 0 fully saturated rings. The van der Waals surface area contributed by atoms with Gasteiger partial charge in [-0.1, -0.05) is 71.8 Å². The summed E-state index contributed by atoms with van der Waals surface area (Å²) in [6.07, 6.45) is 0.930. The molecule has 0 saturated carbocycles. The first-order valence-corrected chi connectivity index (χ1v) is 9.39. The van der Waals surface area contributed by atoms with Crippen molar-refractivity contribution in [2.75, 3.05) is 11.9 Å². The molecule has 1 heterocycles.